The van der Waals surface area contributed by atoms with Crippen LogP contribution in [0.15, 0.2) is 54.7 Å². The van der Waals surface area contributed by atoms with Crippen molar-refractivity contribution in [2.24, 2.45) is 0 Å². The molecule has 0 aliphatic rings. The van der Waals surface area contributed by atoms with Crippen LogP contribution in [0.3, 0.4) is 0 Å². The molecule has 26 heavy (non-hydrogen) atoms. The van der Waals surface area contributed by atoms with Gasteiger partial charge in [-0.1, -0.05) is 30.3 Å². The maximum atomic E-state index is 12.4. The number of rotatable bonds is 5. The summed E-state index contributed by atoms with van der Waals surface area (Å²) in [6.45, 7) is 1.50. The Hall–Kier alpha value is -3.41. The van der Waals surface area contributed by atoms with E-state index >= 15 is 0 Å². The summed E-state index contributed by atoms with van der Waals surface area (Å²) < 4.78 is 6.51. The highest BCUT2D eigenvalue weighted by Gasteiger charge is 2.16. The van der Waals surface area contributed by atoms with E-state index in [9.17, 15) is 14.4 Å². The van der Waals surface area contributed by atoms with Gasteiger partial charge in [-0.25, -0.2) is 4.79 Å². The van der Waals surface area contributed by atoms with E-state index in [0.717, 1.165) is 10.9 Å². The van der Waals surface area contributed by atoms with Crippen LogP contribution in [0.2, 0.25) is 0 Å². The number of aromatic nitrogens is 1. The number of nitrogens with one attached hydrogen (secondary N) is 1. The van der Waals surface area contributed by atoms with Crippen LogP contribution in [0.5, 0.6) is 0 Å². The SMILES string of the molecule is COC(=O)c1cn(CC(=O)Nc2cccc(C(C)=O)c2)c2ccccc12. The van der Waals surface area contributed by atoms with E-state index in [-0.39, 0.29) is 18.2 Å². The van der Waals surface area contributed by atoms with E-state index in [0.29, 0.717) is 16.8 Å². The minimum Gasteiger partial charge on any atom is -0.465 e. The molecule has 0 aliphatic carbocycles. The highest BCUT2D eigenvalue weighted by molar-refractivity contribution is 6.05. The van der Waals surface area contributed by atoms with Gasteiger partial charge in [0.05, 0.1) is 12.7 Å². The Bertz CT molecular complexity index is 1000. The Balaban J connectivity index is 1.85. The molecule has 1 amide bonds. The molecule has 3 rings (SSSR count). The Labute approximate surface area is 150 Å². The standard InChI is InChI=1S/C20H18N2O4/c1-13(23)14-6-5-7-15(10-14)21-19(24)12-22-11-17(20(25)26-2)16-8-3-4-9-18(16)22/h3-11H,12H2,1-2H3,(H,21,24). The number of carbonyl (C=O) groups excluding carboxylic acids is 3. The van der Waals surface area contributed by atoms with Crippen molar-refractivity contribution in [3.63, 3.8) is 0 Å². The summed E-state index contributed by atoms with van der Waals surface area (Å²) in [5.74, 6) is -0.780. The van der Waals surface area contributed by atoms with Crippen LogP contribution < -0.4 is 5.32 Å². The molecule has 1 heterocycles. The molecule has 0 atom stereocenters. The average molecular weight is 350 g/mol. The molecule has 0 saturated heterocycles. The van der Waals surface area contributed by atoms with Crippen molar-refractivity contribution in [2.45, 2.75) is 13.5 Å². The molecule has 1 N–H and O–H groups in total. The first-order valence-corrected chi connectivity index (χ1v) is 8.06. The van der Waals surface area contributed by atoms with E-state index in [4.69, 9.17) is 4.74 Å². The molecule has 0 aliphatic heterocycles. The monoisotopic (exact) mass is 350 g/mol. The van der Waals surface area contributed by atoms with Crippen molar-refractivity contribution in [3.8, 4) is 0 Å². The van der Waals surface area contributed by atoms with Crippen molar-refractivity contribution in [1.82, 2.24) is 4.57 Å². The number of benzene rings is 2. The maximum Gasteiger partial charge on any atom is 0.340 e. The fourth-order valence-corrected chi connectivity index (χ4v) is 2.82. The van der Waals surface area contributed by atoms with Crippen LogP contribution in [0, 0.1) is 0 Å². The lowest BCUT2D eigenvalue weighted by atomic mass is 10.1. The fourth-order valence-electron chi connectivity index (χ4n) is 2.82. The van der Waals surface area contributed by atoms with Gasteiger partial charge in [0.2, 0.25) is 5.91 Å². The predicted molar refractivity (Wildman–Crippen MR) is 98.4 cm³/mol. The molecule has 0 radical (unpaired) electrons. The zero-order valence-corrected chi connectivity index (χ0v) is 14.5. The smallest absolute Gasteiger partial charge is 0.340 e. The second-order valence-corrected chi connectivity index (χ2v) is 5.86. The van der Waals surface area contributed by atoms with Crippen molar-refractivity contribution in [2.75, 3.05) is 12.4 Å². The molecule has 132 valence electrons. The van der Waals surface area contributed by atoms with E-state index < -0.39 is 5.97 Å². The second kappa shape index (κ2) is 7.23. The van der Waals surface area contributed by atoms with Gasteiger partial charge in [-0.2, -0.15) is 0 Å². The molecular formula is C20H18N2O4. The number of amides is 1. The van der Waals surface area contributed by atoms with Gasteiger partial charge in [0, 0.05) is 28.4 Å². The van der Waals surface area contributed by atoms with E-state index in [1.165, 1.54) is 14.0 Å². The van der Waals surface area contributed by atoms with Crippen LogP contribution in [0.25, 0.3) is 10.9 Å². The molecule has 0 unspecified atom stereocenters. The number of Topliss-reactive ketones (excluding diaryl/α,β-unsaturated/α-hetero) is 1. The topological polar surface area (TPSA) is 77.4 Å². The van der Waals surface area contributed by atoms with Crippen LogP contribution in [-0.2, 0) is 16.1 Å². The second-order valence-electron chi connectivity index (χ2n) is 5.86. The number of methoxy groups -OCH3 is 1. The third-order valence-corrected chi connectivity index (χ3v) is 4.06. The summed E-state index contributed by atoms with van der Waals surface area (Å²) in [7, 11) is 1.32. The van der Waals surface area contributed by atoms with Crippen molar-refractivity contribution >= 4 is 34.3 Å². The molecule has 0 spiro atoms. The lowest BCUT2D eigenvalue weighted by Crippen LogP contribution is -2.18. The average Bonchev–Trinajstić information content (AvgIpc) is 3.00. The number of ketones is 1. The molecule has 3 aromatic rings. The number of hydrogen-bond donors (Lipinski definition) is 1. The van der Waals surface area contributed by atoms with Crippen molar-refractivity contribution in [1.29, 1.82) is 0 Å². The van der Waals surface area contributed by atoms with Crippen LogP contribution in [0.4, 0.5) is 5.69 Å². The largest absolute Gasteiger partial charge is 0.465 e. The third-order valence-electron chi connectivity index (χ3n) is 4.06. The first-order valence-electron chi connectivity index (χ1n) is 8.06. The van der Waals surface area contributed by atoms with Crippen LogP contribution in [-0.4, -0.2) is 29.3 Å². The van der Waals surface area contributed by atoms with E-state index in [1.54, 1.807) is 35.0 Å². The summed E-state index contributed by atoms with van der Waals surface area (Å²) in [6.07, 6.45) is 1.61. The van der Waals surface area contributed by atoms with Gasteiger partial charge >= 0.3 is 5.97 Å². The molecule has 0 saturated carbocycles. The Morgan fingerprint density at radius 3 is 2.58 bits per heavy atom. The van der Waals surface area contributed by atoms with E-state index in [2.05, 4.69) is 5.32 Å². The van der Waals surface area contributed by atoms with Gasteiger partial charge in [-0.3, -0.25) is 9.59 Å². The van der Waals surface area contributed by atoms with Gasteiger partial charge < -0.3 is 14.6 Å². The van der Waals surface area contributed by atoms with Crippen LogP contribution in [0.1, 0.15) is 27.6 Å². The molecule has 1 aromatic heterocycles. The summed E-state index contributed by atoms with van der Waals surface area (Å²) in [6, 6.07) is 14.1. The predicted octanol–water partition coefficient (Wildman–Crippen LogP) is 3.27. The number of esters is 1. The number of hydrogen-bond acceptors (Lipinski definition) is 4. The third kappa shape index (κ3) is 3.49. The Morgan fingerprint density at radius 2 is 1.85 bits per heavy atom. The first-order chi connectivity index (χ1) is 12.5. The number of fused-ring (bicyclic) bond motifs is 1. The van der Waals surface area contributed by atoms with Crippen molar-refractivity contribution < 1.29 is 19.1 Å². The molecule has 2 aromatic carbocycles. The summed E-state index contributed by atoms with van der Waals surface area (Å²) in [4.78, 5) is 35.8. The first kappa shape index (κ1) is 17.4. The summed E-state index contributed by atoms with van der Waals surface area (Å²) in [5, 5.41) is 3.50. The molecule has 0 bridgehead atoms. The van der Waals surface area contributed by atoms with Crippen LogP contribution >= 0.6 is 0 Å². The fraction of sp³-hybridized carbons (Fsp3) is 0.150. The molecule has 6 heteroatoms. The van der Waals surface area contributed by atoms with Gasteiger partial charge in [0.25, 0.3) is 0 Å². The lowest BCUT2D eigenvalue weighted by Gasteiger charge is -2.08. The van der Waals surface area contributed by atoms with Gasteiger partial charge in [-0.05, 0) is 25.1 Å². The Kier molecular flexibility index (Phi) is 4.84. The molecule has 6 nitrogen and oxygen atoms in total. The molecular weight excluding hydrogens is 332 g/mol. The van der Waals surface area contributed by atoms with Crippen molar-refractivity contribution in [3.05, 3.63) is 65.9 Å². The highest BCUT2D eigenvalue weighted by Crippen LogP contribution is 2.22. The normalized spacial score (nSPS) is 10.5. The van der Waals surface area contributed by atoms with Gasteiger partial charge in [0.15, 0.2) is 5.78 Å². The minimum atomic E-state index is -0.450. The molecule has 0 fully saturated rings. The quantitative estimate of drug-likeness (QED) is 0.566. The number of para-hydroxylation sites is 1. The summed E-state index contributed by atoms with van der Waals surface area (Å²) >= 11 is 0. The number of ether oxygens (including phenoxy) is 1. The Morgan fingerprint density at radius 1 is 1.08 bits per heavy atom. The summed E-state index contributed by atoms with van der Waals surface area (Å²) in [5.41, 5.74) is 2.25. The van der Waals surface area contributed by atoms with Gasteiger partial charge in [0.1, 0.15) is 6.54 Å². The lowest BCUT2D eigenvalue weighted by molar-refractivity contribution is -0.116. The zero-order valence-electron chi connectivity index (χ0n) is 14.5. The minimum absolute atomic E-state index is 0.0296. The number of nitrogens with zero attached hydrogens (tertiary/aromatic N) is 1. The number of anilines is 1. The zero-order chi connectivity index (χ0) is 18.7. The van der Waals surface area contributed by atoms with E-state index in [1.807, 2.05) is 24.3 Å². The number of carbonyl (C=O) groups is 3. The van der Waals surface area contributed by atoms with Gasteiger partial charge in [-0.15, -0.1) is 0 Å². The maximum absolute atomic E-state index is 12.4. The highest BCUT2D eigenvalue weighted by atomic mass is 16.5.